The maximum absolute atomic E-state index is 11.9. The minimum absolute atomic E-state index is 0.221. The number of thiophene rings is 1. The van der Waals surface area contributed by atoms with Crippen LogP contribution in [-0.4, -0.2) is 30.4 Å². The van der Waals surface area contributed by atoms with E-state index in [-0.39, 0.29) is 12.2 Å². The summed E-state index contributed by atoms with van der Waals surface area (Å²) in [4.78, 5) is 13.5. The molecular weight excluding hydrogens is 330 g/mol. The summed E-state index contributed by atoms with van der Waals surface area (Å²) in [7, 11) is 0. The predicted molar refractivity (Wildman–Crippen MR) is 97.3 cm³/mol. The van der Waals surface area contributed by atoms with E-state index in [1.54, 1.807) is 4.90 Å². The quantitative estimate of drug-likeness (QED) is 0.831. The van der Waals surface area contributed by atoms with Gasteiger partial charge in [0.05, 0.1) is 13.1 Å². The number of hydrogen-bond donors (Lipinski definition) is 2. The number of carbonyl (C=O) groups is 1. The monoisotopic (exact) mass is 347 g/mol. The summed E-state index contributed by atoms with van der Waals surface area (Å²) in [6.45, 7) is 3.02. The number of ether oxygens (including phenoxy) is 1. The van der Waals surface area contributed by atoms with Gasteiger partial charge in [0.25, 0.3) is 0 Å². The second kappa shape index (κ2) is 6.97. The molecule has 2 N–H and O–H groups in total. The van der Waals surface area contributed by atoms with Gasteiger partial charge >= 0.3 is 6.09 Å². The third-order valence-corrected chi connectivity index (χ3v) is 4.67. The number of anilines is 2. The van der Waals surface area contributed by atoms with Crippen LogP contribution >= 0.6 is 23.6 Å². The van der Waals surface area contributed by atoms with E-state index < -0.39 is 0 Å². The van der Waals surface area contributed by atoms with E-state index in [9.17, 15) is 4.79 Å². The van der Waals surface area contributed by atoms with Crippen molar-refractivity contribution in [3.63, 3.8) is 0 Å². The highest BCUT2D eigenvalue weighted by molar-refractivity contribution is 7.80. The highest BCUT2D eigenvalue weighted by Crippen LogP contribution is 2.26. The molecule has 0 bridgehead atoms. The molecule has 0 spiro atoms. The summed E-state index contributed by atoms with van der Waals surface area (Å²) in [6, 6.07) is 11.7. The number of benzene rings is 1. The van der Waals surface area contributed by atoms with Crippen molar-refractivity contribution in [2.24, 2.45) is 0 Å². The van der Waals surface area contributed by atoms with Gasteiger partial charge in [-0.15, -0.1) is 11.3 Å². The van der Waals surface area contributed by atoms with Crippen LogP contribution in [0.4, 0.5) is 15.5 Å². The molecule has 7 heteroatoms. The van der Waals surface area contributed by atoms with Crippen LogP contribution in [0.2, 0.25) is 0 Å². The van der Waals surface area contributed by atoms with Crippen LogP contribution in [0.1, 0.15) is 5.56 Å². The first-order valence-electron chi connectivity index (χ1n) is 7.25. The van der Waals surface area contributed by atoms with Gasteiger partial charge in [0.1, 0.15) is 11.1 Å². The van der Waals surface area contributed by atoms with Gasteiger partial charge in [-0.25, -0.2) is 4.79 Å². The van der Waals surface area contributed by atoms with Gasteiger partial charge in [-0.1, -0.05) is 18.2 Å². The molecule has 1 unspecified atom stereocenters. The van der Waals surface area contributed by atoms with Gasteiger partial charge in [0.2, 0.25) is 0 Å². The van der Waals surface area contributed by atoms with Crippen molar-refractivity contribution < 1.29 is 9.53 Å². The Morgan fingerprint density at radius 2 is 2.22 bits per heavy atom. The van der Waals surface area contributed by atoms with Crippen molar-refractivity contribution in [2.45, 2.75) is 13.0 Å². The van der Waals surface area contributed by atoms with Gasteiger partial charge in [-0.2, -0.15) is 0 Å². The molecule has 1 aromatic carbocycles. The van der Waals surface area contributed by atoms with E-state index in [0.29, 0.717) is 18.2 Å². The summed E-state index contributed by atoms with van der Waals surface area (Å²) in [5.41, 5.74) is 2.08. The normalized spacial score (nSPS) is 17.0. The molecule has 23 heavy (non-hydrogen) atoms. The van der Waals surface area contributed by atoms with E-state index >= 15 is 0 Å². The fourth-order valence-corrected chi connectivity index (χ4v) is 3.24. The molecule has 1 fully saturated rings. The van der Waals surface area contributed by atoms with E-state index in [4.69, 9.17) is 17.0 Å². The summed E-state index contributed by atoms with van der Waals surface area (Å²) >= 11 is 6.81. The first-order valence-corrected chi connectivity index (χ1v) is 8.54. The van der Waals surface area contributed by atoms with Crippen molar-refractivity contribution in [3.8, 4) is 0 Å². The molecule has 120 valence electrons. The second-order valence-electron chi connectivity index (χ2n) is 5.22. The third-order valence-electron chi connectivity index (χ3n) is 3.53. The van der Waals surface area contributed by atoms with Gasteiger partial charge in [-0.3, -0.25) is 4.90 Å². The van der Waals surface area contributed by atoms with Crippen LogP contribution in [0.15, 0.2) is 41.8 Å². The lowest BCUT2D eigenvalue weighted by atomic mass is 10.2. The molecule has 1 amide bonds. The molecule has 0 saturated carbocycles. The van der Waals surface area contributed by atoms with Gasteiger partial charge in [0.15, 0.2) is 5.11 Å². The molecule has 1 atom stereocenters. The maximum atomic E-state index is 11.9. The predicted octanol–water partition coefficient (Wildman–Crippen LogP) is 3.37. The zero-order valence-corrected chi connectivity index (χ0v) is 14.2. The van der Waals surface area contributed by atoms with Crippen LogP contribution in [0, 0.1) is 6.92 Å². The average molecular weight is 347 g/mol. The van der Waals surface area contributed by atoms with E-state index in [2.05, 4.69) is 10.6 Å². The molecule has 2 heterocycles. The Balaban J connectivity index is 1.50. The minimum atomic E-state index is -0.308. The molecule has 1 aliphatic heterocycles. The maximum Gasteiger partial charge on any atom is 0.415 e. The molecule has 5 nitrogen and oxygen atoms in total. The molecule has 0 radical (unpaired) electrons. The first kappa shape index (κ1) is 15.8. The summed E-state index contributed by atoms with van der Waals surface area (Å²) in [6.07, 6.45) is -0.529. The van der Waals surface area contributed by atoms with Crippen LogP contribution in [0.3, 0.4) is 0 Å². The smallest absolute Gasteiger partial charge is 0.415 e. The Kier molecular flexibility index (Phi) is 4.78. The molecule has 3 rings (SSSR count). The Morgan fingerprint density at radius 3 is 2.96 bits per heavy atom. The highest BCUT2D eigenvalue weighted by Gasteiger charge is 2.32. The highest BCUT2D eigenvalue weighted by atomic mass is 32.1. The summed E-state index contributed by atoms with van der Waals surface area (Å²) in [5.74, 6) is 0. The van der Waals surface area contributed by atoms with Crippen molar-refractivity contribution in [1.82, 2.24) is 5.32 Å². The zero-order chi connectivity index (χ0) is 16.2. The van der Waals surface area contributed by atoms with Crippen molar-refractivity contribution >= 4 is 45.4 Å². The average Bonchev–Trinajstić information content (AvgIpc) is 3.17. The Bertz CT molecular complexity index is 703. The number of para-hydroxylation sites is 1. The zero-order valence-electron chi connectivity index (χ0n) is 12.6. The summed E-state index contributed by atoms with van der Waals surface area (Å²) < 4.78 is 5.37. The lowest BCUT2D eigenvalue weighted by Gasteiger charge is -2.14. The summed E-state index contributed by atoms with van der Waals surface area (Å²) in [5, 5.41) is 9.62. The molecule has 0 aliphatic carbocycles. The first-order chi connectivity index (χ1) is 11.1. The van der Waals surface area contributed by atoms with Crippen molar-refractivity contribution in [3.05, 3.63) is 47.3 Å². The standard InChI is InChI=1S/C16H17N3O2S2/c1-11-5-2-3-6-13(11)18-15(22)17-9-12-10-19(16(20)21-12)14-7-4-8-23-14/h2-8,12H,9-10H2,1H3,(H2,17,18,22). The molecular formula is C16H17N3O2S2. The van der Waals surface area contributed by atoms with Crippen LogP contribution in [-0.2, 0) is 4.74 Å². The van der Waals surface area contributed by atoms with Gasteiger partial charge in [-0.05, 0) is 48.3 Å². The number of nitrogens with zero attached hydrogens (tertiary/aromatic N) is 1. The molecule has 1 aromatic heterocycles. The SMILES string of the molecule is Cc1ccccc1NC(=S)NCC1CN(c2cccs2)C(=O)O1. The molecule has 2 aromatic rings. The minimum Gasteiger partial charge on any atom is -0.442 e. The lowest BCUT2D eigenvalue weighted by molar-refractivity contribution is 0.143. The largest absolute Gasteiger partial charge is 0.442 e. The lowest BCUT2D eigenvalue weighted by Crippen LogP contribution is -2.37. The van der Waals surface area contributed by atoms with E-state index in [1.165, 1.54) is 11.3 Å². The Labute approximate surface area is 144 Å². The fraction of sp³-hybridized carbons (Fsp3) is 0.250. The number of thiocarbonyl (C=S) groups is 1. The number of rotatable bonds is 4. The molecule has 1 saturated heterocycles. The van der Waals surface area contributed by atoms with E-state index in [1.807, 2.05) is 48.7 Å². The van der Waals surface area contributed by atoms with Gasteiger partial charge < -0.3 is 15.4 Å². The number of nitrogens with one attached hydrogen (secondary N) is 2. The van der Waals surface area contributed by atoms with Gasteiger partial charge in [0, 0.05) is 5.69 Å². The number of aryl methyl sites for hydroxylation is 1. The topological polar surface area (TPSA) is 53.6 Å². The number of carbonyl (C=O) groups excluding carboxylic acids is 1. The number of cyclic esters (lactones) is 1. The Hall–Kier alpha value is -2.12. The van der Waals surface area contributed by atoms with Crippen LogP contribution < -0.4 is 15.5 Å². The third kappa shape index (κ3) is 3.80. The number of hydrogen-bond acceptors (Lipinski definition) is 4. The Morgan fingerprint density at radius 1 is 1.39 bits per heavy atom. The van der Waals surface area contributed by atoms with Crippen LogP contribution in [0.5, 0.6) is 0 Å². The fourth-order valence-electron chi connectivity index (χ4n) is 2.32. The number of amides is 1. The van der Waals surface area contributed by atoms with Crippen LogP contribution in [0.25, 0.3) is 0 Å². The second-order valence-corrected chi connectivity index (χ2v) is 6.55. The van der Waals surface area contributed by atoms with Crippen molar-refractivity contribution in [1.29, 1.82) is 0 Å². The van der Waals surface area contributed by atoms with E-state index in [0.717, 1.165) is 16.3 Å². The molecule has 1 aliphatic rings. The van der Waals surface area contributed by atoms with Crippen molar-refractivity contribution in [2.75, 3.05) is 23.3 Å².